The van der Waals surface area contributed by atoms with E-state index in [-0.39, 0.29) is 12.3 Å². The second kappa shape index (κ2) is 11.0. The average Bonchev–Trinajstić information content (AvgIpc) is 3.32. The van der Waals surface area contributed by atoms with Crippen LogP contribution < -0.4 is 10.1 Å². The van der Waals surface area contributed by atoms with E-state index in [0.717, 1.165) is 41.0 Å². The van der Waals surface area contributed by atoms with Crippen LogP contribution in [0, 0.1) is 0 Å². The zero-order chi connectivity index (χ0) is 23.1. The summed E-state index contributed by atoms with van der Waals surface area (Å²) < 4.78 is 33.2. The van der Waals surface area contributed by atoms with Crippen molar-refractivity contribution in [2.24, 2.45) is 0 Å². The first-order valence-corrected chi connectivity index (χ1v) is 13.4. The number of amides is 1. The van der Waals surface area contributed by atoms with Crippen molar-refractivity contribution in [1.29, 1.82) is 0 Å². The predicted molar refractivity (Wildman–Crippen MR) is 130 cm³/mol. The molecule has 1 N–H and O–H groups in total. The van der Waals surface area contributed by atoms with Crippen LogP contribution in [0.25, 0.3) is 0 Å². The molecule has 1 aliphatic heterocycles. The Morgan fingerprint density at radius 1 is 0.909 bits per heavy atom. The van der Waals surface area contributed by atoms with E-state index in [1.54, 1.807) is 16.4 Å². The lowest BCUT2D eigenvalue weighted by atomic mass is 10.1. The summed E-state index contributed by atoms with van der Waals surface area (Å²) >= 11 is 1.18. The van der Waals surface area contributed by atoms with Crippen LogP contribution >= 0.6 is 11.3 Å². The molecule has 33 heavy (non-hydrogen) atoms. The number of nitrogens with one attached hydrogen (secondary N) is 1. The molecule has 0 saturated carbocycles. The standard InChI is InChI=1S/C25H28N2O4S2/c28-24(17-23-13-14-25(32-23)33(29,30)27-15-5-2-6-16-27)26-18-20-9-11-21(12-10-20)19-31-22-7-3-1-4-8-22/h1,3-4,7-14H,2,5-6,15-19H2,(H,26,28). The summed E-state index contributed by atoms with van der Waals surface area (Å²) in [4.78, 5) is 13.1. The number of benzene rings is 2. The van der Waals surface area contributed by atoms with Crippen LogP contribution in [-0.2, 0) is 34.4 Å². The fourth-order valence-corrected chi connectivity index (χ4v) is 6.71. The highest BCUT2D eigenvalue weighted by Gasteiger charge is 2.27. The van der Waals surface area contributed by atoms with E-state index in [9.17, 15) is 13.2 Å². The molecule has 1 amide bonds. The Hall–Kier alpha value is -2.68. The third-order valence-electron chi connectivity index (χ3n) is 5.54. The molecule has 3 aromatic rings. The van der Waals surface area contributed by atoms with Crippen molar-refractivity contribution in [3.63, 3.8) is 0 Å². The molecule has 1 aromatic heterocycles. The van der Waals surface area contributed by atoms with Gasteiger partial charge in [-0.05, 0) is 48.2 Å². The summed E-state index contributed by atoms with van der Waals surface area (Å²) in [6.45, 7) is 2.06. The SMILES string of the molecule is O=C(Cc1ccc(S(=O)(=O)N2CCCCC2)s1)NCc1ccc(COc2ccccc2)cc1. The molecule has 1 fully saturated rings. The number of thiophene rings is 1. The second-order valence-electron chi connectivity index (χ2n) is 8.06. The van der Waals surface area contributed by atoms with Gasteiger partial charge in [0.05, 0.1) is 6.42 Å². The summed E-state index contributed by atoms with van der Waals surface area (Å²) in [7, 11) is -3.45. The van der Waals surface area contributed by atoms with Gasteiger partial charge in [0.2, 0.25) is 5.91 Å². The minimum atomic E-state index is -3.45. The summed E-state index contributed by atoms with van der Waals surface area (Å²) in [5, 5.41) is 2.91. The third kappa shape index (κ3) is 6.43. The first-order valence-electron chi connectivity index (χ1n) is 11.1. The normalized spacial score (nSPS) is 14.7. The number of carbonyl (C=O) groups is 1. The topological polar surface area (TPSA) is 75.7 Å². The Labute approximate surface area is 199 Å². The number of sulfonamides is 1. The van der Waals surface area contributed by atoms with E-state index in [4.69, 9.17) is 4.74 Å². The minimum Gasteiger partial charge on any atom is -0.489 e. The van der Waals surface area contributed by atoms with Crippen LogP contribution in [0.2, 0.25) is 0 Å². The van der Waals surface area contributed by atoms with E-state index in [0.29, 0.717) is 30.5 Å². The fourth-order valence-electron chi connectivity index (χ4n) is 3.68. The van der Waals surface area contributed by atoms with Crippen LogP contribution in [0.3, 0.4) is 0 Å². The minimum absolute atomic E-state index is 0.129. The summed E-state index contributed by atoms with van der Waals surface area (Å²) in [5.74, 6) is 0.699. The highest BCUT2D eigenvalue weighted by molar-refractivity contribution is 7.91. The Balaban J connectivity index is 1.25. The van der Waals surface area contributed by atoms with Gasteiger partial charge in [0, 0.05) is 24.5 Å². The molecule has 1 saturated heterocycles. The van der Waals surface area contributed by atoms with Gasteiger partial charge in [-0.3, -0.25) is 4.79 Å². The molecule has 174 valence electrons. The van der Waals surface area contributed by atoms with Crippen LogP contribution in [0.4, 0.5) is 0 Å². The number of hydrogen-bond acceptors (Lipinski definition) is 5. The molecular formula is C25H28N2O4S2. The maximum absolute atomic E-state index is 12.8. The number of piperidine rings is 1. The lowest BCUT2D eigenvalue weighted by molar-refractivity contribution is -0.120. The van der Waals surface area contributed by atoms with Crippen molar-refractivity contribution in [2.45, 2.75) is 43.0 Å². The van der Waals surface area contributed by atoms with Crippen molar-refractivity contribution in [2.75, 3.05) is 13.1 Å². The predicted octanol–water partition coefficient (Wildman–Crippen LogP) is 4.36. The molecule has 0 spiro atoms. The van der Waals surface area contributed by atoms with Gasteiger partial charge in [-0.2, -0.15) is 4.31 Å². The zero-order valence-electron chi connectivity index (χ0n) is 18.4. The molecule has 0 radical (unpaired) electrons. The van der Waals surface area contributed by atoms with Gasteiger partial charge in [-0.1, -0.05) is 48.9 Å². The number of nitrogens with zero attached hydrogens (tertiary/aromatic N) is 1. The number of ether oxygens (including phenoxy) is 1. The number of rotatable bonds is 9. The molecule has 0 atom stereocenters. The molecule has 0 unspecified atom stereocenters. The average molecular weight is 485 g/mol. The Bertz CT molecular complexity index is 1150. The van der Waals surface area contributed by atoms with Gasteiger partial charge in [0.15, 0.2) is 0 Å². The van der Waals surface area contributed by atoms with E-state index < -0.39 is 10.0 Å². The maximum atomic E-state index is 12.8. The first-order chi connectivity index (χ1) is 16.0. The highest BCUT2D eigenvalue weighted by atomic mass is 32.2. The van der Waals surface area contributed by atoms with Gasteiger partial charge < -0.3 is 10.1 Å². The smallest absolute Gasteiger partial charge is 0.252 e. The molecule has 2 aromatic carbocycles. The number of para-hydroxylation sites is 1. The zero-order valence-corrected chi connectivity index (χ0v) is 20.0. The van der Waals surface area contributed by atoms with Crippen molar-refractivity contribution >= 4 is 27.3 Å². The maximum Gasteiger partial charge on any atom is 0.252 e. The Kier molecular flexibility index (Phi) is 7.80. The number of hydrogen-bond donors (Lipinski definition) is 1. The van der Waals surface area contributed by atoms with Gasteiger partial charge >= 0.3 is 0 Å². The largest absolute Gasteiger partial charge is 0.489 e. The van der Waals surface area contributed by atoms with Crippen LogP contribution in [-0.4, -0.2) is 31.7 Å². The van der Waals surface area contributed by atoms with Gasteiger partial charge in [-0.15, -0.1) is 11.3 Å². The lowest BCUT2D eigenvalue weighted by Gasteiger charge is -2.25. The molecule has 0 bridgehead atoms. The van der Waals surface area contributed by atoms with Crippen LogP contribution in [0.15, 0.2) is 70.9 Å². The summed E-state index contributed by atoms with van der Waals surface area (Å²) in [6, 6.07) is 20.9. The summed E-state index contributed by atoms with van der Waals surface area (Å²) in [6.07, 6.45) is 3.05. The molecular weight excluding hydrogens is 456 g/mol. The second-order valence-corrected chi connectivity index (χ2v) is 11.4. The van der Waals surface area contributed by atoms with Gasteiger partial charge in [0.25, 0.3) is 10.0 Å². The molecule has 4 rings (SSSR count). The molecule has 8 heteroatoms. The van der Waals surface area contributed by atoms with E-state index >= 15 is 0 Å². The number of carbonyl (C=O) groups excluding carboxylic acids is 1. The van der Waals surface area contributed by atoms with E-state index in [2.05, 4.69) is 5.32 Å². The van der Waals surface area contributed by atoms with Crippen LogP contribution in [0.1, 0.15) is 35.3 Å². The van der Waals surface area contributed by atoms with E-state index in [1.165, 1.54) is 11.3 Å². The lowest BCUT2D eigenvalue weighted by Crippen LogP contribution is -2.35. The van der Waals surface area contributed by atoms with Crippen molar-refractivity contribution in [1.82, 2.24) is 9.62 Å². The van der Waals surface area contributed by atoms with Crippen LogP contribution in [0.5, 0.6) is 5.75 Å². The molecule has 1 aliphatic rings. The van der Waals surface area contributed by atoms with Crippen molar-refractivity contribution < 1.29 is 17.9 Å². The monoisotopic (exact) mass is 484 g/mol. The third-order valence-corrected chi connectivity index (χ3v) is 8.99. The van der Waals surface area contributed by atoms with Gasteiger partial charge in [-0.25, -0.2) is 8.42 Å². The van der Waals surface area contributed by atoms with E-state index in [1.807, 2.05) is 54.6 Å². The van der Waals surface area contributed by atoms with Crippen molar-refractivity contribution in [3.05, 3.63) is 82.7 Å². The first kappa shape index (κ1) is 23.5. The quantitative estimate of drug-likeness (QED) is 0.490. The summed E-state index contributed by atoms with van der Waals surface area (Å²) in [5.41, 5.74) is 2.04. The Morgan fingerprint density at radius 2 is 1.61 bits per heavy atom. The fraction of sp³-hybridized carbons (Fsp3) is 0.320. The molecule has 6 nitrogen and oxygen atoms in total. The molecule has 0 aliphatic carbocycles. The highest BCUT2D eigenvalue weighted by Crippen LogP contribution is 2.27. The van der Waals surface area contributed by atoms with Crippen molar-refractivity contribution in [3.8, 4) is 5.75 Å². The Morgan fingerprint density at radius 3 is 2.33 bits per heavy atom. The van der Waals surface area contributed by atoms with Gasteiger partial charge in [0.1, 0.15) is 16.6 Å². The molecule has 2 heterocycles.